The molecule has 0 unspecified atom stereocenters. The maximum atomic E-state index is 5.55. The molecule has 1 aromatic rings. The van der Waals surface area contributed by atoms with Crippen molar-refractivity contribution in [3.05, 3.63) is 11.8 Å². The summed E-state index contributed by atoms with van der Waals surface area (Å²) in [6.45, 7) is 6.45. The van der Waals surface area contributed by atoms with Crippen molar-refractivity contribution < 1.29 is 4.74 Å². The molecule has 0 aromatic carbocycles. The first-order valence-corrected chi connectivity index (χ1v) is 4.58. The molecule has 0 amide bonds. The van der Waals surface area contributed by atoms with Crippen molar-refractivity contribution in [2.24, 2.45) is 5.41 Å². The number of ether oxygens (including phenoxy) is 1. The van der Waals surface area contributed by atoms with Gasteiger partial charge in [-0.25, -0.2) is 4.98 Å². The molecule has 0 aliphatic rings. The summed E-state index contributed by atoms with van der Waals surface area (Å²) in [5, 5.41) is 0. The fourth-order valence-electron chi connectivity index (χ4n) is 1.23. The van der Waals surface area contributed by atoms with Gasteiger partial charge < -0.3 is 10.5 Å². The van der Waals surface area contributed by atoms with Crippen LogP contribution in [0.5, 0.6) is 5.88 Å². The van der Waals surface area contributed by atoms with Crippen LogP contribution < -0.4 is 10.5 Å². The lowest BCUT2D eigenvalue weighted by Gasteiger charge is -2.17. The number of hydrogen-bond donors (Lipinski definition) is 1. The van der Waals surface area contributed by atoms with Gasteiger partial charge in [-0.15, -0.1) is 0 Å². The molecule has 0 saturated carbocycles. The Bertz CT molecular complexity index is 318. The molecule has 78 valence electrons. The summed E-state index contributed by atoms with van der Waals surface area (Å²) in [5.74, 6) is 0.792. The van der Waals surface area contributed by atoms with Gasteiger partial charge in [0.25, 0.3) is 0 Å². The van der Waals surface area contributed by atoms with Gasteiger partial charge in [-0.3, -0.25) is 0 Å². The minimum Gasteiger partial charge on any atom is -0.481 e. The van der Waals surface area contributed by atoms with Crippen molar-refractivity contribution >= 4 is 5.95 Å². The number of nitrogen functional groups attached to an aromatic ring is 1. The van der Waals surface area contributed by atoms with E-state index in [0.717, 1.165) is 12.1 Å². The third-order valence-corrected chi connectivity index (χ3v) is 1.69. The Kier molecular flexibility index (Phi) is 2.93. The fraction of sp³-hybridized carbons (Fsp3) is 0.600. The lowest BCUT2D eigenvalue weighted by molar-refractivity contribution is 0.387. The number of hydrogen-bond acceptors (Lipinski definition) is 4. The summed E-state index contributed by atoms with van der Waals surface area (Å²) in [4.78, 5) is 8.08. The highest BCUT2D eigenvalue weighted by atomic mass is 16.5. The predicted octanol–water partition coefficient (Wildman–Crippen LogP) is 1.66. The van der Waals surface area contributed by atoms with Crippen LogP contribution in [0.3, 0.4) is 0 Å². The maximum Gasteiger partial charge on any atom is 0.223 e. The summed E-state index contributed by atoms with van der Waals surface area (Å²) >= 11 is 0. The Hall–Kier alpha value is -1.32. The van der Waals surface area contributed by atoms with Gasteiger partial charge in [-0.2, -0.15) is 4.98 Å². The van der Waals surface area contributed by atoms with Crippen LogP contribution >= 0.6 is 0 Å². The van der Waals surface area contributed by atoms with Crippen molar-refractivity contribution in [1.29, 1.82) is 0 Å². The zero-order chi connectivity index (χ0) is 10.8. The zero-order valence-electron chi connectivity index (χ0n) is 9.16. The van der Waals surface area contributed by atoms with Gasteiger partial charge in [0.1, 0.15) is 0 Å². The van der Waals surface area contributed by atoms with Crippen molar-refractivity contribution in [2.75, 3.05) is 12.8 Å². The molecule has 0 aliphatic carbocycles. The normalized spacial score (nSPS) is 11.4. The van der Waals surface area contributed by atoms with Crippen LogP contribution in [-0.4, -0.2) is 17.1 Å². The first-order valence-electron chi connectivity index (χ1n) is 4.58. The third-order valence-electron chi connectivity index (χ3n) is 1.69. The number of methoxy groups -OCH3 is 1. The van der Waals surface area contributed by atoms with E-state index in [2.05, 4.69) is 30.7 Å². The Morgan fingerprint density at radius 2 is 2.00 bits per heavy atom. The van der Waals surface area contributed by atoms with Crippen molar-refractivity contribution in [2.45, 2.75) is 27.2 Å². The van der Waals surface area contributed by atoms with Crippen LogP contribution in [0.2, 0.25) is 0 Å². The number of rotatable bonds is 2. The summed E-state index contributed by atoms with van der Waals surface area (Å²) < 4.78 is 5.02. The van der Waals surface area contributed by atoms with E-state index < -0.39 is 0 Å². The minimum absolute atomic E-state index is 0.186. The fourth-order valence-corrected chi connectivity index (χ4v) is 1.23. The lowest BCUT2D eigenvalue weighted by Crippen LogP contribution is -2.12. The highest BCUT2D eigenvalue weighted by Gasteiger charge is 2.13. The van der Waals surface area contributed by atoms with Gasteiger partial charge in [0.15, 0.2) is 0 Å². The van der Waals surface area contributed by atoms with Crippen LogP contribution in [0.4, 0.5) is 5.95 Å². The van der Waals surface area contributed by atoms with Crippen LogP contribution in [0.15, 0.2) is 6.07 Å². The molecule has 1 aromatic heterocycles. The minimum atomic E-state index is 0.186. The SMILES string of the molecule is COc1cc(CC(C)(C)C)nc(N)n1. The molecule has 0 radical (unpaired) electrons. The highest BCUT2D eigenvalue weighted by molar-refractivity contribution is 5.26. The molecule has 14 heavy (non-hydrogen) atoms. The lowest BCUT2D eigenvalue weighted by atomic mass is 9.90. The predicted molar refractivity (Wildman–Crippen MR) is 56.2 cm³/mol. The van der Waals surface area contributed by atoms with Crippen LogP contribution in [0.25, 0.3) is 0 Å². The molecule has 0 fully saturated rings. The van der Waals surface area contributed by atoms with Crippen molar-refractivity contribution in [3.8, 4) is 5.88 Å². The van der Waals surface area contributed by atoms with Gasteiger partial charge in [-0.05, 0) is 11.8 Å². The number of aromatic nitrogens is 2. The quantitative estimate of drug-likeness (QED) is 0.779. The molecule has 2 N–H and O–H groups in total. The van der Waals surface area contributed by atoms with Crippen LogP contribution in [-0.2, 0) is 6.42 Å². The largest absolute Gasteiger partial charge is 0.481 e. The molecule has 0 saturated heterocycles. The molecule has 4 nitrogen and oxygen atoms in total. The monoisotopic (exact) mass is 195 g/mol. The second kappa shape index (κ2) is 3.82. The Morgan fingerprint density at radius 1 is 1.36 bits per heavy atom. The molecule has 0 spiro atoms. The highest BCUT2D eigenvalue weighted by Crippen LogP contribution is 2.21. The number of anilines is 1. The van der Waals surface area contributed by atoms with E-state index in [1.54, 1.807) is 7.11 Å². The van der Waals surface area contributed by atoms with E-state index in [4.69, 9.17) is 10.5 Å². The van der Waals surface area contributed by atoms with Gasteiger partial charge in [0, 0.05) is 6.07 Å². The Balaban J connectivity index is 2.92. The van der Waals surface area contributed by atoms with Gasteiger partial charge >= 0.3 is 0 Å². The van der Waals surface area contributed by atoms with Gasteiger partial charge in [0.2, 0.25) is 11.8 Å². The van der Waals surface area contributed by atoms with E-state index in [1.165, 1.54) is 0 Å². The first-order chi connectivity index (χ1) is 6.40. The molecular weight excluding hydrogens is 178 g/mol. The summed E-state index contributed by atoms with van der Waals surface area (Å²) in [5.41, 5.74) is 6.66. The van der Waals surface area contributed by atoms with Crippen molar-refractivity contribution in [1.82, 2.24) is 9.97 Å². The van der Waals surface area contributed by atoms with E-state index in [9.17, 15) is 0 Å². The van der Waals surface area contributed by atoms with E-state index in [1.807, 2.05) is 6.07 Å². The number of nitrogens with zero attached hydrogens (tertiary/aromatic N) is 2. The molecule has 1 heterocycles. The zero-order valence-corrected chi connectivity index (χ0v) is 9.16. The van der Waals surface area contributed by atoms with E-state index in [0.29, 0.717) is 5.88 Å². The van der Waals surface area contributed by atoms with Gasteiger partial charge in [-0.1, -0.05) is 20.8 Å². The average Bonchev–Trinajstić information content (AvgIpc) is 1.99. The second-order valence-electron chi connectivity index (χ2n) is 4.50. The summed E-state index contributed by atoms with van der Waals surface area (Å²) in [6, 6.07) is 1.82. The van der Waals surface area contributed by atoms with Crippen LogP contribution in [0, 0.1) is 5.41 Å². The standard InChI is InChI=1S/C10H17N3O/c1-10(2,3)6-7-5-8(14-4)13-9(11)12-7/h5H,6H2,1-4H3,(H2,11,12,13). The molecule has 0 aliphatic heterocycles. The van der Waals surface area contributed by atoms with E-state index >= 15 is 0 Å². The first kappa shape index (κ1) is 10.8. The summed E-state index contributed by atoms with van der Waals surface area (Å²) in [7, 11) is 1.57. The van der Waals surface area contributed by atoms with Gasteiger partial charge in [0.05, 0.1) is 12.8 Å². The smallest absolute Gasteiger partial charge is 0.223 e. The maximum absolute atomic E-state index is 5.55. The van der Waals surface area contributed by atoms with Crippen molar-refractivity contribution in [3.63, 3.8) is 0 Å². The topological polar surface area (TPSA) is 61.0 Å². The third kappa shape index (κ3) is 3.20. The van der Waals surface area contributed by atoms with E-state index in [-0.39, 0.29) is 11.4 Å². The summed E-state index contributed by atoms with van der Waals surface area (Å²) in [6.07, 6.45) is 0.857. The molecule has 4 heteroatoms. The molecule has 0 atom stereocenters. The second-order valence-corrected chi connectivity index (χ2v) is 4.50. The molecular formula is C10H17N3O. The average molecular weight is 195 g/mol. The number of nitrogens with two attached hydrogens (primary N) is 1. The molecule has 1 rings (SSSR count). The molecule has 0 bridgehead atoms. The Morgan fingerprint density at radius 3 is 2.50 bits per heavy atom. The van der Waals surface area contributed by atoms with Crippen LogP contribution in [0.1, 0.15) is 26.5 Å². The Labute approximate surface area is 84.5 Å².